The molecule has 0 heterocycles. The second-order valence-corrected chi connectivity index (χ2v) is 21.1. The summed E-state index contributed by atoms with van der Waals surface area (Å²) in [5.41, 5.74) is 25.2. The second-order valence-electron chi connectivity index (χ2n) is 21.1. The number of rotatable bonds is 3. The first-order valence-electron chi connectivity index (χ1n) is 26.1. The number of anilines is 3. The van der Waals surface area contributed by atoms with Crippen LogP contribution in [0.3, 0.4) is 0 Å². The Bertz CT molecular complexity index is 4260. The van der Waals surface area contributed by atoms with E-state index in [9.17, 15) is 0 Å². The predicted octanol–water partition coefficient (Wildman–Crippen LogP) is 18.8. The maximum absolute atomic E-state index is 2.49. The van der Waals surface area contributed by atoms with Crippen molar-refractivity contribution in [2.75, 3.05) is 4.90 Å². The Morgan fingerprint density at radius 2 is 0.595 bits per heavy atom. The Balaban J connectivity index is 0.889. The molecule has 0 N–H and O–H groups in total. The molecule has 0 atom stereocenters. The number of hydrogen-bond donors (Lipinski definition) is 0. The lowest BCUT2D eigenvalue weighted by Gasteiger charge is -2.32. The number of fused-ring (bicyclic) bond motifs is 26. The minimum absolute atomic E-state index is 0.470. The van der Waals surface area contributed by atoms with Gasteiger partial charge < -0.3 is 4.90 Å². The van der Waals surface area contributed by atoms with Gasteiger partial charge >= 0.3 is 0 Å². The first kappa shape index (κ1) is 40.3. The van der Waals surface area contributed by atoms with Crippen molar-refractivity contribution in [1.29, 1.82) is 0 Å². The van der Waals surface area contributed by atoms with E-state index in [1.54, 1.807) is 0 Å². The van der Waals surface area contributed by atoms with E-state index in [0.717, 1.165) is 17.1 Å². The highest BCUT2D eigenvalue weighted by Gasteiger charge is 2.54. The molecule has 4 aliphatic rings. The molecule has 2 spiro atoms. The van der Waals surface area contributed by atoms with Crippen LogP contribution in [0.25, 0.3) is 87.6 Å². The summed E-state index contributed by atoms with van der Waals surface area (Å²) in [6.45, 7) is 2.17. The maximum Gasteiger partial charge on any atom is 0.0731 e. The first-order valence-corrected chi connectivity index (χ1v) is 26.1. The SMILES string of the molecule is Cc1ccc(N(c2ccc3c4c(ccc3c2)-c2cc3ccccc3cc2C42c3ccccc3-c3ccccc32)c2ccc3c4c(ccc3c2)-c2cc3ccccc3cc2C42c3ccccc3-c3ccccc32)cc1. The normalized spacial score (nSPS) is 14.2. The molecule has 17 rings (SSSR count). The zero-order valence-corrected chi connectivity index (χ0v) is 40.7. The molecule has 13 aromatic carbocycles. The third-order valence-corrected chi connectivity index (χ3v) is 17.6. The number of benzene rings is 13. The van der Waals surface area contributed by atoms with Crippen LogP contribution in [-0.2, 0) is 10.8 Å². The van der Waals surface area contributed by atoms with Crippen LogP contribution in [0.4, 0.5) is 17.1 Å². The van der Waals surface area contributed by atoms with Crippen molar-refractivity contribution in [1.82, 2.24) is 0 Å². The van der Waals surface area contributed by atoms with E-state index in [2.05, 4.69) is 267 Å². The molecule has 0 saturated heterocycles. The molecule has 0 aliphatic heterocycles. The summed E-state index contributed by atoms with van der Waals surface area (Å²) in [5, 5.41) is 10.1. The van der Waals surface area contributed by atoms with E-state index < -0.39 is 10.8 Å². The number of aryl methyl sites for hydroxylation is 1. The zero-order chi connectivity index (χ0) is 48.4. The largest absolute Gasteiger partial charge is 0.310 e. The second kappa shape index (κ2) is 14.4. The van der Waals surface area contributed by atoms with E-state index in [4.69, 9.17) is 0 Å². The third-order valence-electron chi connectivity index (χ3n) is 17.6. The van der Waals surface area contributed by atoms with Gasteiger partial charge in [0, 0.05) is 17.1 Å². The molecule has 0 fully saturated rings. The smallest absolute Gasteiger partial charge is 0.0731 e. The third kappa shape index (κ3) is 4.99. The van der Waals surface area contributed by atoms with Gasteiger partial charge in [-0.05, 0) is 200 Å². The highest BCUT2D eigenvalue weighted by atomic mass is 15.1. The molecule has 0 unspecified atom stereocenters. The van der Waals surface area contributed by atoms with E-state index >= 15 is 0 Å². The average Bonchev–Trinajstić information content (AvgIpc) is 4.21. The summed E-state index contributed by atoms with van der Waals surface area (Å²) in [5.74, 6) is 0. The van der Waals surface area contributed by atoms with Gasteiger partial charge in [-0.15, -0.1) is 0 Å². The molecule has 4 aliphatic carbocycles. The number of nitrogens with zero attached hydrogens (tertiary/aromatic N) is 1. The van der Waals surface area contributed by atoms with Crippen molar-refractivity contribution in [3.63, 3.8) is 0 Å². The van der Waals surface area contributed by atoms with Crippen LogP contribution in [0.2, 0.25) is 0 Å². The Labute approximate surface area is 429 Å². The summed E-state index contributed by atoms with van der Waals surface area (Å²) in [6, 6.07) is 97.3. The monoisotopic (exact) mass is 935 g/mol. The topological polar surface area (TPSA) is 3.24 Å². The molecule has 1 nitrogen and oxygen atoms in total. The average molecular weight is 936 g/mol. The van der Waals surface area contributed by atoms with Gasteiger partial charge in [-0.1, -0.05) is 200 Å². The van der Waals surface area contributed by atoms with Crippen molar-refractivity contribution in [3.8, 4) is 44.5 Å². The van der Waals surface area contributed by atoms with Crippen molar-refractivity contribution < 1.29 is 0 Å². The van der Waals surface area contributed by atoms with Gasteiger partial charge in [-0.3, -0.25) is 0 Å². The van der Waals surface area contributed by atoms with E-state index in [0.29, 0.717) is 0 Å². The van der Waals surface area contributed by atoms with E-state index in [-0.39, 0.29) is 0 Å². The van der Waals surface area contributed by atoms with Crippen molar-refractivity contribution in [2.45, 2.75) is 17.8 Å². The minimum atomic E-state index is -0.470. The van der Waals surface area contributed by atoms with Gasteiger partial charge in [0.25, 0.3) is 0 Å². The van der Waals surface area contributed by atoms with E-state index in [1.165, 1.54) is 138 Å². The number of hydrogen-bond acceptors (Lipinski definition) is 1. The zero-order valence-electron chi connectivity index (χ0n) is 40.7. The molecule has 0 saturated carbocycles. The van der Waals surface area contributed by atoms with Gasteiger partial charge in [0.1, 0.15) is 0 Å². The molecular formula is C73H45N. The molecule has 342 valence electrons. The van der Waals surface area contributed by atoms with Gasteiger partial charge in [0.2, 0.25) is 0 Å². The fraction of sp³-hybridized carbons (Fsp3) is 0.0411. The van der Waals surface area contributed by atoms with Gasteiger partial charge in [-0.2, -0.15) is 0 Å². The van der Waals surface area contributed by atoms with E-state index in [1.807, 2.05) is 0 Å². The molecule has 0 radical (unpaired) electrons. The van der Waals surface area contributed by atoms with Crippen LogP contribution in [0.15, 0.2) is 255 Å². The van der Waals surface area contributed by atoms with Crippen molar-refractivity contribution in [2.24, 2.45) is 0 Å². The molecule has 0 aromatic heterocycles. The van der Waals surface area contributed by atoms with Gasteiger partial charge in [0.15, 0.2) is 0 Å². The fourth-order valence-electron chi connectivity index (χ4n) is 14.7. The molecule has 0 amide bonds. The highest BCUT2D eigenvalue weighted by Crippen LogP contribution is 2.66. The van der Waals surface area contributed by atoms with Crippen molar-refractivity contribution >= 4 is 60.2 Å². The molecule has 13 aromatic rings. The Hall–Kier alpha value is -9.30. The van der Waals surface area contributed by atoms with Crippen molar-refractivity contribution in [3.05, 3.63) is 305 Å². The molecule has 74 heavy (non-hydrogen) atoms. The Morgan fingerprint density at radius 1 is 0.243 bits per heavy atom. The van der Waals surface area contributed by atoms with Crippen LogP contribution >= 0.6 is 0 Å². The summed E-state index contributed by atoms with van der Waals surface area (Å²) < 4.78 is 0. The first-order chi connectivity index (χ1) is 36.6. The Morgan fingerprint density at radius 3 is 1.00 bits per heavy atom. The maximum atomic E-state index is 2.49. The lowest BCUT2D eigenvalue weighted by atomic mass is 9.69. The Kier molecular flexibility index (Phi) is 7.87. The summed E-state index contributed by atoms with van der Waals surface area (Å²) in [6.07, 6.45) is 0. The van der Waals surface area contributed by atoms with Crippen LogP contribution in [0, 0.1) is 6.92 Å². The van der Waals surface area contributed by atoms with Crippen LogP contribution in [0.1, 0.15) is 50.1 Å². The molecule has 1 heteroatoms. The van der Waals surface area contributed by atoms with Crippen LogP contribution in [-0.4, -0.2) is 0 Å². The predicted molar refractivity (Wildman–Crippen MR) is 308 cm³/mol. The standard InChI is InChI=1S/C73H45N/c1-44-26-30-51(31-27-44)74(52-32-36-54-49(38-52)28-34-60-62-40-45-14-2-4-16-47(45)42-68(62)72(70(54)60)64-22-10-6-18-56(64)57-19-7-11-23-65(57)72)53-33-37-55-50(39-53)29-35-61-63-41-46-15-3-5-17-48(46)43-69(63)73(71(55)61)66-24-12-8-20-58(66)59-21-9-13-25-67(59)73/h2-43H,1H3. The van der Waals surface area contributed by atoms with Crippen LogP contribution < -0.4 is 4.90 Å². The highest BCUT2D eigenvalue weighted by molar-refractivity contribution is 6.09. The summed E-state index contributed by atoms with van der Waals surface area (Å²) in [7, 11) is 0. The van der Waals surface area contributed by atoms with Gasteiger partial charge in [0.05, 0.1) is 10.8 Å². The lowest BCUT2D eigenvalue weighted by Crippen LogP contribution is -2.26. The minimum Gasteiger partial charge on any atom is -0.310 e. The van der Waals surface area contributed by atoms with Crippen LogP contribution in [0.5, 0.6) is 0 Å². The molecular weight excluding hydrogens is 891 g/mol. The quantitative estimate of drug-likeness (QED) is 0.171. The summed E-state index contributed by atoms with van der Waals surface area (Å²) >= 11 is 0. The summed E-state index contributed by atoms with van der Waals surface area (Å²) in [4.78, 5) is 2.47. The molecule has 0 bridgehead atoms. The van der Waals surface area contributed by atoms with Gasteiger partial charge in [-0.25, -0.2) is 0 Å². The lowest BCUT2D eigenvalue weighted by molar-refractivity contribution is 0.802. The fourth-order valence-corrected chi connectivity index (χ4v) is 14.7.